The molecule has 1 aromatic heterocycles. The van der Waals surface area contributed by atoms with E-state index in [1.165, 1.54) is 22.7 Å². The lowest BCUT2D eigenvalue weighted by molar-refractivity contribution is -0.763. The summed E-state index contributed by atoms with van der Waals surface area (Å²) in [5.41, 5.74) is -0.00108. The van der Waals surface area contributed by atoms with E-state index < -0.39 is 0 Å². The van der Waals surface area contributed by atoms with E-state index in [1.54, 1.807) is 0 Å². The largest absolute Gasteiger partial charge is 0.380 e. The zero-order valence-electron chi connectivity index (χ0n) is 7.29. The van der Waals surface area contributed by atoms with Gasteiger partial charge in [0, 0.05) is 13.1 Å². The standard InChI is InChI=1S/C6H9N5O2S/c7-5-3-11(9-13-5)10-1-2-14-6(4-10)8-12/h3,6-7H,1-2,4H2. The van der Waals surface area contributed by atoms with Gasteiger partial charge in [-0.25, -0.2) is 0 Å². The topological polar surface area (TPSA) is 87.6 Å². The number of thioether (sulfide) groups is 1. The van der Waals surface area contributed by atoms with Crippen molar-refractivity contribution in [2.24, 2.45) is 5.18 Å². The lowest BCUT2D eigenvalue weighted by Crippen LogP contribution is -2.64. The molecule has 76 valence electrons. The Balaban J connectivity index is 2.11. The molecular weight excluding hydrogens is 206 g/mol. The van der Waals surface area contributed by atoms with Crippen LogP contribution in [0, 0.1) is 10.3 Å². The van der Waals surface area contributed by atoms with Crippen molar-refractivity contribution in [1.29, 1.82) is 5.41 Å². The van der Waals surface area contributed by atoms with Gasteiger partial charge in [-0.3, -0.25) is 10.4 Å². The number of rotatable bonds is 2. The summed E-state index contributed by atoms with van der Waals surface area (Å²) in [6, 6.07) is 0. The van der Waals surface area contributed by atoms with Gasteiger partial charge < -0.3 is 4.52 Å². The molecule has 1 fully saturated rings. The molecule has 1 N–H and O–H groups in total. The first-order chi connectivity index (χ1) is 6.79. The van der Waals surface area contributed by atoms with E-state index in [1.807, 2.05) is 5.01 Å². The zero-order chi connectivity index (χ0) is 9.97. The number of nitrogens with one attached hydrogen (secondary N) is 1. The monoisotopic (exact) mass is 215 g/mol. The van der Waals surface area contributed by atoms with Crippen LogP contribution in [-0.2, 0) is 0 Å². The SMILES string of the molecule is N=c1c[n+](N2CCSC(N=O)C2)[n-]o1. The van der Waals surface area contributed by atoms with Crippen molar-refractivity contribution in [2.45, 2.75) is 5.37 Å². The van der Waals surface area contributed by atoms with Crippen molar-refractivity contribution in [3.8, 4) is 0 Å². The molecule has 0 radical (unpaired) electrons. The third-order valence-corrected chi connectivity index (χ3v) is 2.93. The van der Waals surface area contributed by atoms with Crippen LogP contribution < -0.4 is 20.6 Å². The summed E-state index contributed by atoms with van der Waals surface area (Å²) in [7, 11) is 0. The lowest BCUT2D eigenvalue weighted by atomic mass is 10.5. The van der Waals surface area contributed by atoms with Gasteiger partial charge in [-0.05, 0) is 11.0 Å². The summed E-state index contributed by atoms with van der Waals surface area (Å²) < 4.78 is 4.61. The summed E-state index contributed by atoms with van der Waals surface area (Å²) in [4.78, 5) is 11.8. The zero-order valence-corrected chi connectivity index (χ0v) is 8.11. The van der Waals surface area contributed by atoms with Gasteiger partial charge in [0.2, 0.25) is 0 Å². The molecule has 2 rings (SSSR count). The fourth-order valence-corrected chi connectivity index (χ4v) is 2.17. The van der Waals surface area contributed by atoms with Crippen LogP contribution >= 0.6 is 11.8 Å². The first-order valence-electron chi connectivity index (χ1n) is 4.09. The van der Waals surface area contributed by atoms with E-state index in [-0.39, 0.29) is 10.9 Å². The lowest BCUT2D eigenvalue weighted by Gasteiger charge is -2.28. The predicted octanol–water partition coefficient (Wildman–Crippen LogP) is -1.22. The third-order valence-electron chi connectivity index (χ3n) is 1.89. The smallest absolute Gasteiger partial charge is 0.286 e. The van der Waals surface area contributed by atoms with E-state index in [4.69, 9.17) is 5.41 Å². The van der Waals surface area contributed by atoms with E-state index >= 15 is 0 Å². The van der Waals surface area contributed by atoms with E-state index in [9.17, 15) is 4.91 Å². The molecule has 0 aliphatic carbocycles. The van der Waals surface area contributed by atoms with Crippen molar-refractivity contribution < 1.29 is 9.31 Å². The molecule has 0 amide bonds. The molecule has 1 aromatic rings. The number of hydrogen-bond acceptors (Lipinski definition) is 6. The molecule has 0 saturated carbocycles. The third kappa shape index (κ3) is 1.79. The molecule has 7 nitrogen and oxygen atoms in total. The molecule has 1 aliphatic rings. The van der Waals surface area contributed by atoms with Crippen LogP contribution in [0.15, 0.2) is 15.9 Å². The average Bonchev–Trinajstić information content (AvgIpc) is 2.65. The maximum absolute atomic E-state index is 10.4. The number of nitroso groups, excluding NO2 is 1. The van der Waals surface area contributed by atoms with Gasteiger partial charge in [-0.2, -0.15) is 0 Å². The summed E-state index contributed by atoms with van der Waals surface area (Å²) in [6.45, 7) is 1.28. The van der Waals surface area contributed by atoms with Crippen LogP contribution in [0.2, 0.25) is 0 Å². The highest BCUT2D eigenvalue weighted by atomic mass is 32.2. The molecular formula is C6H9N5O2S. The fraction of sp³-hybridized carbons (Fsp3) is 0.667. The highest BCUT2D eigenvalue weighted by Crippen LogP contribution is 2.16. The molecule has 1 unspecified atom stereocenters. The quantitative estimate of drug-likeness (QED) is 0.493. The Morgan fingerprint density at radius 1 is 1.86 bits per heavy atom. The number of aromatic nitrogens is 2. The average molecular weight is 215 g/mol. The second-order valence-electron chi connectivity index (χ2n) is 2.83. The van der Waals surface area contributed by atoms with Crippen molar-refractivity contribution in [3.63, 3.8) is 0 Å². The first-order valence-corrected chi connectivity index (χ1v) is 5.14. The van der Waals surface area contributed by atoms with Crippen molar-refractivity contribution >= 4 is 11.8 Å². The van der Waals surface area contributed by atoms with Crippen LogP contribution in [0.4, 0.5) is 0 Å². The fourth-order valence-electron chi connectivity index (χ4n) is 1.24. The molecule has 0 spiro atoms. The van der Waals surface area contributed by atoms with Crippen LogP contribution in [-0.4, -0.2) is 24.2 Å². The number of nitrogens with zero attached hydrogens (tertiary/aromatic N) is 4. The second kappa shape index (κ2) is 3.82. The van der Waals surface area contributed by atoms with Crippen molar-refractivity contribution in [2.75, 3.05) is 23.9 Å². The predicted molar refractivity (Wildman–Crippen MR) is 48.1 cm³/mol. The van der Waals surface area contributed by atoms with Gasteiger partial charge in [0.15, 0.2) is 0 Å². The Morgan fingerprint density at radius 2 is 2.71 bits per heavy atom. The second-order valence-corrected chi connectivity index (χ2v) is 4.12. The Bertz CT molecular complexity index is 374. The van der Waals surface area contributed by atoms with Crippen molar-refractivity contribution in [1.82, 2.24) is 5.27 Å². The van der Waals surface area contributed by atoms with Crippen LogP contribution in [0.3, 0.4) is 0 Å². The normalized spacial score (nSPS) is 22.3. The molecule has 8 heteroatoms. The summed E-state index contributed by atoms with van der Waals surface area (Å²) in [5, 5.41) is 15.3. The number of hydrogen-bond donors (Lipinski definition) is 1. The summed E-state index contributed by atoms with van der Waals surface area (Å²) in [6.07, 6.45) is 1.46. The highest BCUT2D eigenvalue weighted by molar-refractivity contribution is 8.00. The Labute approximate surface area is 83.5 Å². The van der Waals surface area contributed by atoms with Crippen molar-refractivity contribution in [3.05, 3.63) is 16.7 Å². The van der Waals surface area contributed by atoms with Gasteiger partial charge in [0.05, 0.1) is 0 Å². The van der Waals surface area contributed by atoms with Gasteiger partial charge in [-0.1, -0.05) is 9.97 Å². The van der Waals surface area contributed by atoms with Crippen LogP contribution in [0.25, 0.3) is 0 Å². The Hall–Kier alpha value is -1.31. The minimum Gasteiger partial charge on any atom is -0.380 e. The van der Waals surface area contributed by atoms with Crippen LogP contribution in [0.1, 0.15) is 0 Å². The van der Waals surface area contributed by atoms with E-state index in [0.29, 0.717) is 6.54 Å². The van der Waals surface area contributed by atoms with Gasteiger partial charge >= 0.3 is 0 Å². The molecule has 0 aromatic carbocycles. The summed E-state index contributed by atoms with van der Waals surface area (Å²) >= 11 is 1.53. The Kier molecular flexibility index (Phi) is 2.53. The minimum absolute atomic E-state index is 0.00108. The van der Waals surface area contributed by atoms with E-state index in [2.05, 4.69) is 15.0 Å². The molecule has 1 saturated heterocycles. The molecule has 14 heavy (non-hydrogen) atoms. The van der Waals surface area contributed by atoms with E-state index in [0.717, 1.165) is 12.3 Å². The maximum atomic E-state index is 10.4. The Morgan fingerprint density at radius 3 is 3.36 bits per heavy atom. The van der Waals surface area contributed by atoms with Gasteiger partial charge in [0.1, 0.15) is 5.37 Å². The maximum Gasteiger partial charge on any atom is 0.286 e. The minimum atomic E-state index is -0.262. The van der Waals surface area contributed by atoms with Gasteiger partial charge in [0.25, 0.3) is 11.8 Å². The summed E-state index contributed by atoms with van der Waals surface area (Å²) in [5.74, 6) is 0.823. The first kappa shape index (κ1) is 9.25. The highest BCUT2D eigenvalue weighted by Gasteiger charge is 2.21. The molecule has 0 bridgehead atoms. The van der Waals surface area contributed by atoms with Crippen LogP contribution in [0.5, 0.6) is 0 Å². The molecule has 1 atom stereocenters. The molecule has 1 aliphatic heterocycles. The van der Waals surface area contributed by atoms with Gasteiger partial charge in [-0.15, -0.1) is 16.7 Å². The molecule has 2 heterocycles.